The average Bonchev–Trinajstić information content (AvgIpc) is 3.43. The molecule has 0 unspecified atom stereocenters. The van der Waals surface area contributed by atoms with E-state index in [2.05, 4.69) is 15.1 Å². The predicted octanol–water partition coefficient (Wildman–Crippen LogP) is 5.06. The molecule has 4 heterocycles. The predicted molar refractivity (Wildman–Crippen MR) is 124 cm³/mol. The molecule has 33 heavy (non-hydrogen) atoms. The van der Waals surface area contributed by atoms with Crippen molar-refractivity contribution in [1.29, 1.82) is 0 Å². The molecule has 1 aliphatic rings. The second-order valence-electron chi connectivity index (χ2n) is 7.93. The number of pyridine rings is 1. The van der Waals surface area contributed by atoms with Crippen LogP contribution in [0.1, 0.15) is 47.4 Å². The van der Waals surface area contributed by atoms with E-state index in [4.69, 9.17) is 21.3 Å². The van der Waals surface area contributed by atoms with Crippen LogP contribution in [0.4, 0.5) is 4.39 Å². The molecule has 1 atom stereocenters. The smallest absolute Gasteiger partial charge is 0.238 e. The van der Waals surface area contributed by atoms with E-state index in [0.717, 1.165) is 47.8 Å². The summed E-state index contributed by atoms with van der Waals surface area (Å²) in [5, 5.41) is 5.04. The lowest BCUT2D eigenvalue weighted by molar-refractivity contribution is 0.395. The summed E-state index contributed by atoms with van der Waals surface area (Å²) in [6, 6.07) is 8.36. The maximum Gasteiger partial charge on any atom is 0.238 e. The molecule has 0 bridgehead atoms. The summed E-state index contributed by atoms with van der Waals surface area (Å²) in [6.07, 6.45) is 9.17. The Bertz CT molecular complexity index is 1340. The summed E-state index contributed by atoms with van der Waals surface area (Å²) >= 11 is 6.33. The van der Waals surface area contributed by atoms with Gasteiger partial charge in [-0.25, -0.2) is 24.0 Å². The van der Waals surface area contributed by atoms with Crippen molar-refractivity contribution in [3.8, 4) is 11.6 Å². The first-order chi connectivity index (χ1) is 16.0. The number of nitrogens with zero attached hydrogens (tertiary/aromatic N) is 6. The van der Waals surface area contributed by atoms with Crippen molar-refractivity contribution in [2.75, 3.05) is 7.11 Å². The zero-order chi connectivity index (χ0) is 22.9. The summed E-state index contributed by atoms with van der Waals surface area (Å²) in [5.74, 6) is 1.56. The van der Waals surface area contributed by atoms with E-state index in [1.165, 1.54) is 12.1 Å². The molecule has 7 nitrogen and oxygen atoms in total. The van der Waals surface area contributed by atoms with Gasteiger partial charge >= 0.3 is 0 Å². The Morgan fingerprint density at radius 3 is 2.82 bits per heavy atom. The fraction of sp³-hybridized carbons (Fsp3) is 0.250. The molecule has 0 radical (unpaired) electrons. The lowest BCUT2D eigenvalue weighted by Gasteiger charge is -2.23. The number of aryl methyl sites for hydroxylation is 2. The van der Waals surface area contributed by atoms with Gasteiger partial charge in [0.25, 0.3) is 0 Å². The zero-order valence-corrected chi connectivity index (χ0v) is 19.0. The van der Waals surface area contributed by atoms with Gasteiger partial charge in [-0.1, -0.05) is 17.7 Å². The summed E-state index contributed by atoms with van der Waals surface area (Å²) < 4.78 is 22.8. The fourth-order valence-electron chi connectivity index (χ4n) is 4.12. The van der Waals surface area contributed by atoms with Crippen molar-refractivity contribution < 1.29 is 9.13 Å². The highest BCUT2D eigenvalue weighted by atomic mass is 35.5. The molecule has 0 saturated carbocycles. The molecule has 1 aromatic carbocycles. The van der Waals surface area contributed by atoms with Gasteiger partial charge in [0.15, 0.2) is 5.82 Å². The van der Waals surface area contributed by atoms with E-state index >= 15 is 0 Å². The highest BCUT2D eigenvalue weighted by Crippen LogP contribution is 2.36. The Hall–Kier alpha value is -3.52. The molecular weight excluding hydrogens is 443 g/mol. The third-order valence-corrected chi connectivity index (χ3v) is 6.00. The average molecular weight is 465 g/mol. The first-order valence-electron chi connectivity index (χ1n) is 10.7. The molecular formula is C24H22ClFN6O. The Balaban J connectivity index is 1.42. The molecule has 0 saturated heterocycles. The minimum Gasteiger partial charge on any atom is -0.479 e. The molecule has 9 heteroatoms. The van der Waals surface area contributed by atoms with E-state index in [0.29, 0.717) is 16.7 Å². The van der Waals surface area contributed by atoms with Crippen LogP contribution in [0.15, 0.2) is 42.9 Å². The standard InChI is InChI=1S/C24H22ClFN6O/c1-15-13-31(14-27-15)21-9-6-17(28-24(21)33-2)7-10-22-29-23-19(4-3-11-32(23)30-22)18-8-5-16(26)12-20(18)25/h5-10,12-14,19H,3-4,11H2,1-2H3/t19-/m0/s1. The molecule has 4 aromatic rings. The monoisotopic (exact) mass is 464 g/mol. The van der Waals surface area contributed by atoms with E-state index in [1.54, 1.807) is 19.5 Å². The lowest BCUT2D eigenvalue weighted by Crippen LogP contribution is -2.18. The molecule has 0 spiro atoms. The van der Waals surface area contributed by atoms with Crippen molar-refractivity contribution in [1.82, 2.24) is 29.3 Å². The lowest BCUT2D eigenvalue weighted by atomic mass is 9.91. The van der Waals surface area contributed by atoms with Crippen molar-refractivity contribution in [3.63, 3.8) is 0 Å². The van der Waals surface area contributed by atoms with Crippen LogP contribution in [-0.4, -0.2) is 36.4 Å². The van der Waals surface area contributed by atoms with Crippen molar-refractivity contribution in [2.24, 2.45) is 0 Å². The number of fused-ring (bicyclic) bond motifs is 1. The minimum absolute atomic E-state index is 0.0161. The van der Waals surface area contributed by atoms with E-state index in [1.807, 2.05) is 46.7 Å². The van der Waals surface area contributed by atoms with Gasteiger partial charge in [-0.05, 0) is 61.7 Å². The van der Waals surface area contributed by atoms with Gasteiger partial charge in [-0.15, -0.1) is 0 Å². The summed E-state index contributed by atoms with van der Waals surface area (Å²) in [5.41, 5.74) is 3.32. The van der Waals surface area contributed by atoms with Crippen LogP contribution in [0.25, 0.3) is 17.8 Å². The first-order valence-corrected chi connectivity index (χ1v) is 11.0. The molecule has 1 aliphatic heterocycles. The Morgan fingerprint density at radius 1 is 1.18 bits per heavy atom. The summed E-state index contributed by atoms with van der Waals surface area (Å²) in [4.78, 5) is 13.6. The number of methoxy groups -OCH3 is 1. The third kappa shape index (κ3) is 4.26. The number of halogens is 2. The van der Waals surface area contributed by atoms with Crippen LogP contribution < -0.4 is 4.74 Å². The van der Waals surface area contributed by atoms with Gasteiger partial charge in [0.2, 0.25) is 5.88 Å². The number of imidazole rings is 1. The fourth-order valence-corrected chi connectivity index (χ4v) is 4.42. The van der Waals surface area contributed by atoms with Gasteiger partial charge < -0.3 is 9.30 Å². The summed E-state index contributed by atoms with van der Waals surface area (Å²) in [6.45, 7) is 2.72. The maximum absolute atomic E-state index is 13.5. The number of benzene rings is 1. The van der Waals surface area contributed by atoms with Gasteiger partial charge in [-0.3, -0.25) is 0 Å². The molecule has 0 amide bonds. The van der Waals surface area contributed by atoms with Crippen molar-refractivity contribution >= 4 is 23.8 Å². The highest BCUT2D eigenvalue weighted by molar-refractivity contribution is 6.31. The minimum atomic E-state index is -0.346. The van der Waals surface area contributed by atoms with Crippen LogP contribution >= 0.6 is 11.6 Å². The number of rotatable bonds is 5. The summed E-state index contributed by atoms with van der Waals surface area (Å²) in [7, 11) is 1.59. The van der Waals surface area contributed by atoms with Gasteiger partial charge in [0.1, 0.15) is 17.3 Å². The van der Waals surface area contributed by atoms with Crippen LogP contribution in [0, 0.1) is 12.7 Å². The van der Waals surface area contributed by atoms with Gasteiger partial charge in [0.05, 0.1) is 24.8 Å². The van der Waals surface area contributed by atoms with E-state index < -0.39 is 0 Å². The zero-order valence-electron chi connectivity index (χ0n) is 18.2. The normalized spacial score (nSPS) is 15.7. The van der Waals surface area contributed by atoms with Crippen LogP contribution in [0.3, 0.4) is 0 Å². The maximum atomic E-state index is 13.5. The third-order valence-electron chi connectivity index (χ3n) is 5.68. The Morgan fingerprint density at radius 2 is 2.06 bits per heavy atom. The quantitative estimate of drug-likeness (QED) is 0.412. The van der Waals surface area contributed by atoms with Crippen molar-refractivity contribution in [2.45, 2.75) is 32.2 Å². The number of aromatic nitrogens is 6. The highest BCUT2D eigenvalue weighted by Gasteiger charge is 2.27. The van der Waals surface area contributed by atoms with Crippen LogP contribution in [0.5, 0.6) is 5.88 Å². The molecule has 0 fully saturated rings. The van der Waals surface area contributed by atoms with Gasteiger partial charge in [0, 0.05) is 23.7 Å². The molecule has 0 aliphatic carbocycles. The largest absolute Gasteiger partial charge is 0.479 e. The number of hydrogen-bond donors (Lipinski definition) is 0. The molecule has 0 N–H and O–H groups in total. The Labute approximate surface area is 195 Å². The Kier molecular flexibility index (Phi) is 5.68. The topological polar surface area (TPSA) is 70.7 Å². The van der Waals surface area contributed by atoms with E-state index in [-0.39, 0.29) is 11.7 Å². The first kappa shape index (κ1) is 21.3. The SMILES string of the molecule is COc1nc(C=Cc2nc3n(n2)CCC[C@H]3c2ccc(F)cc2Cl)ccc1-n1cnc(C)c1. The molecule has 5 rings (SSSR count). The second kappa shape index (κ2) is 8.78. The number of ether oxygens (including phenoxy) is 1. The van der Waals surface area contributed by atoms with E-state index in [9.17, 15) is 4.39 Å². The number of hydrogen-bond acceptors (Lipinski definition) is 5. The van der Waals surface area contributed by atoms with Crippen LogP contribution in [-0.2, 0) is 6.54 Å². The van der Waals surface area contributed by atoms with Crippen LogP contribution in [0.2, 0.25) is 5.02 Å². The van der Waals surface area contributed by atoms with Gasteiger partial charge in [-0.2, -0.15) is 5.10 Å². The second-order valence-corrected chi connectivity index (χ2v) is 8.34. The molecule has 3 aromatic heterocycles. The van der Waals surface area contributed by atoms with Crippen molar-refractivity contribution in [3.05, 3.63) is 82.3 Å². The molecule has 168 valence electrons.